The number of hydrogen-bond acceptors (Lipinski definition) is 10. The quantitative estimate of drug-likeness (QED) is 0.292. The number of aromatic nitrogens is 1. The fraction of sp³-hybridized carbons (Fsp3) is 0.432. The van der Waals surface area contributed by atoms with Crippen molar-refractivity contribution >= 4 is 46.8 Å². The Morgan fingerprint density at radius 1 is 0.887 bits per heavy atom. The molecule has 3 aromatic rings. The van der Waals surface area contributed by atoms with E-state index in [0.717, 1.165) is 5.56 Å². The Hall–Kier alpha value is -5.51. The molecule has 2 aromatic carbocycles. The van der Waals surface area contributed by atoms with E-state index in [9.17, 15) is 28.8 Å². The standard InChI is InChI=1S/C37H47N7O8S/c1-21(2)31-34(48)39-23(4)36(49)43(5)15-16-44(37(50)25-13-14-28(51-6)29(18-25)52-7)19-30(45)40-26(17-24-11-9-8-10-12-24)35-41-27(20-53-35)33(47)38-22(3)32(46)42-31/h8-14,18,20-23,26,31H,15-17,19H2,1-7H3,(H,38,47)(H,39,48)(H,40,45)(H,42,46)/t22-,23+,26-,31-/m0/s1. The molecule has 1 aliphatic heterocycles. The lowest BCUT2D eigenvalue weighted by atomic mass is 10.0. The van der Waals surface area contributed by atoms with Crippen LogP contribution in [0.4, 0.5) is 0 Å². The predicted octanol–water partition coefficient (Wildman–Crippen LogP) is 1.94. The first-order valence-electron chi connectivity index (χ1n) is 17.2. The van der Waals surface area contributed by atoms with Gasteiger partial charge in [0.1, 0.15) is 28.8 Å². The number of carbonyl (C=O) groups is 6. The molecule has 2 heterocycles. The fourth-order valence-corrected chi connectivity index (χ4v) is 6.49. The number of methoxy groups -OCH3 is 2. The van der Waals surface area contributed by atoms with E-state index in [1.165, 1.54) is 67.7 Å². The average Bonchev–Trinajstić information content (AvgIpc) is 3.64. The molecule has 0 spiro atoms. The van der Waals surface area contributed by atoms with Gasteiger partial charge in [-0.15, -0.1) is 11.3 Å². The highest BCUT2D eigenvalue weighted by molar-refractivity contribution is 7.09. The number of ether oxygens (including phenoxy) is 2. The first kappa shape index (κ1) is 40.3. The zero-order chi connectivity index (χ0) is 38.8. The Kier molecular flexibility index (Phi) is 13.9. The van der Waals surface area contributed by atoms with E-state index in [2.05, 4.69) is 26.3 Å². The van der Waals surface area contributed by atoms with Crippen molar-refractivity contribution < 1.29 is 38.2 Å². The summed E-state index contributed by atoms with van der Waals surface area (Å²) in [6.45, 7) is 6.09. The van der Waals surface area contributed by atoms with Crippen LogP contribution < -0.4 is 30.7 Å². The van der Waals surface area contributed by atoms with Crippen LogP contribution in [0.3, 0.4) is 0 Å². The number of nitrogens with one attached hydrogen (secondary N) is 4. The van der Waals surface area contributed by atoms with E-state index in [4.69, 9.17) is 9.47 Å². The van der Waals surface area contributed by atoms with Crippen molar-refractivity contribution in [2.45, 2.75) is 58.3 Å². The summed E-state index contributed by atoms with van der Waals surface area (Å²) in [4.78, 5) is 88.2. The third-order valence-corrected chi connectivity index (χ3v) is 9.68. The molecule has 1 aliphatic rings. The zero-order valence-electron chi connectivity index (χ0n) is 30.9. The van der Waals surface area contributed by atoms with Gasteiger partial charge in [0.25, 0.3) is 11.8 Å². The minimum Gasteiger partial charge on any atom is -0.493 e. The molecule has 284 valence electrons. The lowest BCUT2D eigenvalue weighted by Gasteiger charge is -2.29. The van der Waals surface area contributed by atoms with Gasteiger partial charge in [0.15, 0.2) is 11.5 Å². The topological polar surface area (TPSA) is 188 Å². The number of carbonyl (C=O) groups excluding carboxylic acids is 6. The largest absolute Gasteiger partial charge is 0.493 e. The summed E-state index contributed by atoms with van der Waals surface area (Å²) >= 11 is 1.17. The van der Waals surface area contributed by atoms with Gasteiger partial charge >= 0.3 is 0 Å². The van der Waals surface area contributed by atoms with E-state index in [-0.39, 0.29) is 36.8 Å². The van der Waals surface area contributed by atoms with E-state index in [1.54, 1.807) is 26.0 Å². The van der Waals surface area contributed by atoms with Crippen molar-refractivity contribution in [1.29, 1.82) is 0 Å². The maximum absolute atomic E-state index is 14.0. The second kappa shape index (κ2) is 18.3. The van der Waals surface area contributed by atoms with E-state index < -0.39 is 59.6 Å². The van der Waals surface area contributed by atoms with Gasteiger partial charge in [0, 0.05) is 31.1 Å². The summed E-state index contributed by atoms with van der Waals surface area (Å²) in [5.74, 6) is -2.88. The van der Waals surface area contributed by atoms with Gasteiger partial charge in [-0.05, 0) is 49.9 Å². The molecule has 16 heteroatoms. The Morgan fingerprint density at radius 2 is 1.58 bits per heavy atom. The number of fused-ring (bicyclic) bond motifs is 2. The molecule has 0 radical (unpaired) electrons. The van der Waals surface area contributed by atoms with Crippen molar-refractivity contribution in [3.8, 4) is 11.5 Å². The summed E-state index contributed by atoms with van der Waals surface area (Å²) in [6, 6.07) is 10.3. The van der Waals surface area contributed by atoms with E-state index in [0.29, 0.717) is 22.9 Å². The number of thiazole rings is 1. The van der Waals surface area contributed by atoms with Gasteiger partial charge in [-0.25, -0.2) is 4.98 Å². The van der Waals surface area contributed by atoms with Crippen molar-refractivity contribution in [3.63, 3.8) is 0 Å². The number of benzene rings is 2. The van der Waals surface area contributed by atoms with E-state index in [1.807, 2.05) is 30.3 Å². The average molecular weight is 750 g/mol. The molecular weight excluding hydrogens is 703 g/mol. The lowest BCUT2D eigenvalue weighted by Crippen LogP contribution is -2.57. The molecular formula is C37H47N7O8S. The number of likely N-dealkylation sites (N-methyl/N-ethyl adjacent to an activating group) is 1. The van der Waals surface area contributed by atoms with Gasteiger partial charge < -0.3 is 40.5 Å². The fourth-order valence-electron chi connectivity index (χ4n) is 5.65. The molecule has 0 fully saturated rings. The molecule has 4 N–H and O–H groups in total. The first-order valence-corrected chi connectivity index (χ1v) is 18.1. The van der Waals surface area contributed by atoms with E-state index >= 15 is 0 Å². The van der Waals surface area contributed by atoms with Crippen LogP contribution in [0.5, 0.6) is 11.5 Å². The van der Waals surface area contributed by atoms with Crippen LogP contribution in [0.25, 0.3) is 0 Å². The molecule has 1 aromatic heterocycles. The highest BCUT2D eigenvalue weighted by atomic mass is 32.1. The Morgan fingerprint density at radius 3 is 2.25 bits per heavy atom. The maximum atomic E-state index is 14.0. The molecule has 6 amide bonds. The number of hydrogen-bond donors (Lipinski definition) is 4. The maximum Gasteiger partial charge on any atom is 0.271 e. The Labute approximate surface area is 312 Å². The van der Waals surface area contributed by atoms with Gasteiger partial charge in [-0.2, -0.15) is 0 Å². The summed E-state index contributed by atoms with van der Waals surface area (Å²) in [5, 5.41) is 12.9. The molecule has 2 bridgehead atoms. The van der Waals surface area contributed by atoms with Crippen molar-refractivity contribution in [3.05, 3.63) is 75.7 Å². The molecule has 0 saturated carbocycles. The Balaban J connectivity index is 1.71. The molecule has 0 unspecified atom stereocenters. The van der Waals surface area contributed by atoms with Crippen LogP contribution in [0.15, 0.2) is 53.9 Å². The minimum absolute atomic E-state index is 0.0181. The highest BCUT2D eigenvalue weighted by Crippen LogP contribution is 2.28. The minimum atomic E-state index is -1.03. The second-order valence-electron chi connectivity index (χ2n) is 13.1. The smallest absolute Gasteiger partial charge is 0.271 e. The second-order valence-corrected chi connectivity index (χ2v) is 14.0. The first-order chi connectivity index (χ1) is 25.2. The van der Waals surface area contributed by atoms with Crippen LogP contribution in [0.2, 0.25) is 0 Å². The predicted molar refractivity (Wildman–Crippen MR) is 198 cm³/mol. The Bertz CT molecular complexity index is 1800. The van der Waals surface area contributed by atoms with Crippen LogP contribution in [0, 0.1) is 5.92 Å². The van der Waals surface area contributed by atoms with Crippen molar-refractivity contribution in [2.24, 2.45) is 5.92 Å². The molecule has 4 rings (SSSR count). The summed E-state index contributed by atoms with van der Waals surface area (Å²) < 4.78 is 10.7. The lowest BCUT2D eigenvalue weighted by molar-refractivity contribution is -0.136. The third kappa shape index (κ3) is 10.5. The highest BCUT2D eigenvalue weighted by Gasteiger charge is 2.31. The van der Waals surface area contributed by atoms with Crippen molar-refractivity contribution in [1.82, 2.24) is 36.1 Å². The SMILES string of the molecule is COc1ccc(C(=O)N2CCN(C)C(=O)[C@@H](C)NC(=O)[C@H](C(C)C)NC(=O)[C@H](C)NC(=O)c3csc(n3)[C@H](Cc3ccccc3)NC(=O)C2)cc1OC. The number of rotatable bonds is 6. The van der Waals surface area contributed by atoms with Gasteiger partial charge in [0.05, 0.1) is 26.8 Å². The number of amides is 6. The van der Waals surface area contributed by atoms with Gasteiger partial charge in [-0.1, -0.05) is 44.2 Å². The number of nitrogens with zero attached hydrogens (tertiary/aromatic N) is 3. The van der Waals surface area contributed by atoms with Crippen LogP contribution in [0.1, 0.15) is 65.2 Å². The molecule has 4 atom stereocenters. The third-order valence-electron chi connectivity index (χ3n) is 8.72. The molecule has 0 saturated heterocycles. The van der Waals surface area contributed by atoms with Crippen molar-refractivity contribution in [2.75, 3.05) is 40.9 Å². The van der Waals surface area contributed by atoms with Crippen LogP contribution >= 0.6 is 11.3 Å². The summed E-state index contributed by atoms with van der Waals surface area (Å²) in [5.41, 5.74) is 1.16. The van der Waals surface area contributed by atoms with Crippen LogP contribution in [-0.2, 0) is 25.6 Å². The van der Waals surface area contributed by atoms with Gasteiger partial charge in [-0.3, -0.25) is 28.8 Å². The molecule has 15 nitrogen and oxygen atoms in total. The molecule has 0 aliphatic carbocycles. The van der Waals surface area contributed by atoms with Crippen LogP contribution in [-0.4, -0.2) is 109 Å². The summed E-state index contributed by atoms with van der Waals surface area (Å²) in [6.07, 6.45) is 0.330. The monoisotopic (exact) mass is 749 g/mol. The normalized spacial score (nSPS) is 21.2. The molecule has 53 heavy (non-hydrogen) atoms. The van der Waals surface area contributed by atoms with Gasteiger partial charge in [0.2, 0.25) is 23.6 Å². The summed E-state index contributed by atoms with van der Waals surface area (Å²) in [7, 11) is 4.45. The zero-order valence-corrected chi connectivity index (χ0v) is 31.7.